The SMILES string of the molecule is CC1OC(=O)C(N)C1c1ccccc1. The van der Waals surface area contributed by atoms with Crippen LogP contribution in [-0.4, -0.2) is 18.1 Å². The summed E-state index contributed by atoms with van der Waals surface area (Å²) in [5, 5.41) is 0. The van der Waals surface area contributed by atoms with Crippen LogP contribution < -0.4 is 5.73 Å². The lowest BCUT2D eigenvalue weighted by Gasteiger charge is -2.15. The van der Waals surface area contributed by atoms with Crippen LogP contribution in [-0.2, 0) is 9.53 Å². The van der Waals surface area contributed by atoms with Gasteiger partial charge in [-0.15, -0.1) is 0 Å². The van der Waals surface area contributed by atoms with Crippen molar-refractivity contribution in [1.29, 1.82) is 0 Å². The first-order valence-electron chi connectivity index (χ1n) is 4.71. The van der Waals surface area contributed by atoms with Gasteiger partial charge in [0.25, 0.3) is 0 Å². The van der Waals surface area contributed by atoms with Gasteiger partial charge in [0, 0.05) is 5.92 Å². The number of rotatable bonds is 1. The lowest BCUT2D eigenvalue weighted by atomic mass is 9.90. The van der Waals surface area contributed by atoms with Crippen LogP contribution in [0.4, 0.5) is 0 Å². The quantitative estimate of drug-likeness (QED) is 0.675. The lowest BCUT2D eigenvalue weighted by Crippen LogP contribution is -2.31. The number of carbonyl (C=O) groups is 1. The Balaban J connectivity index is 2.31. The molecule has 74 valence electrons. The molecule has 1 aliphatic rings. The van der Waals surface area contributed by atoms with Crippen LogP contribution in [0, 0.1) is 0 Å². The van der Waals surface area contributed by atoms with Crippen LogP contribution in [0.3, 0.4) is 0 Å². The van der Waals surface area contributed by atoms with Gasteiger partial charge in [0.05, 0.1) is 0 Å². The second kappa shape index (κ2) is 3.42. The van der Waals surface area contributed by atoms with E-state index in [4.69, 9.17) is 10.5 Å². The molecule has 1 aromatic rings. The first-order valence-corrected chi connectivity index (χ1v) is 4.71. The second-order valence-electron chi connectivity index (χ2n) is 3.60. The van der Waals surface area contributed by atoms with E-state index in [1.807, 2.05) is 37.3 Å². The zero-order valence-electron chi connectivity index (χ0n) is 8.01. The minimum atomic E-state index is -0.521. The number of carbonyl (C=O) groups excluding carboxylic acids is 1. The second-order valence-corrected chi connectivity index (χ2v) is 3.60. The van der Waals surface area contributed by atoms with Crippen molar-refractivity contribution < 1.29 is 9.53 Å². The van der Waals surface area contributed by atoms with Gasteiger partial charge in [-0.05, 0) is 12.5 Å². The summed E-state index contributed by atoms with van der Waals surface area (Å²) in [5.41, 5.74) is 6.84. The molecule has 2 rings (SSSR count). The minimum Gasteiger partial charge on any atom is -0.461 e. The normalized spacial score (nSPS) is 31.6. The Morgan fingerprint density at radius 2 is 1.93 bits per heavy atom. The third-order valence-electron chi connectivity index (χ3n) is 2.65. The smallest absolute Gasteiger partial charge is 0.323 e. The third-order valence-corrected chi connectivity index (χ3v) is 2.65. The van der Waals surface area contributed by atoms with Crippen LogP contribution in [0.2, 0.25) is 0 Å². The molecule has 3 nitrogen and oxygen atoms in total. The van der Waals surface area contributed by atoms with Crippen LogP contribution >= 0.6 is 0 Å². The number of benzene rings is 1. The summed E-state index contributed by atoms with van der Waals surface area (Å²) in [4.78, 5) is 11.2. The van der Waals surface area contributed by atoms with Crippen molar-refractivity contribution in [2.24, 2.45) is 5.73 Å². The Hall–Kier alpha value is -1.35. The summed E-state index contributed by atoms with van der Waals surface area (Å²) in [6.07, 6.45) is -0.125. The standard InChI is InChI=1S/C11H13NO2/c1-7-9(10(12)11(13)14-7)8-5-3-2-4-6-8/h2-7,9-10H,12H2,1H3. The predicted molar refractivity (Wildman–Crippen MR) is 52.7 cm³/mol. The fourth-order valence-corrected chi connectivity index (χ4v) is 1.93. The number of ether oxygens (including phenoxy) is 1. The van der Waals surface area contributed by atoms with Crippen molar-refractivity contribution in [3.8, 4) is 0 Å². The van der Waals surface area contributed by atoms with Gasteiger partial charge in [0.2, 0.25) is 0 Å². The lowest BCUT2D eigenvalue weighted by molar-refractivity contribution is -0.141. The van der Waals surface area contributed by atoms with E-state index in [-0.39, 0.29) is 18.0 Å². The summed E-state index contributed by atoms with van der Waals surface area (Å²) in [6, 6.07) is 9.26. The summed E-state index contributed by atoms with van der Waals surface area (Å²) in [6.45, 7) is 1.88. The van der Waals surface area contributed by atoms with Gasteiger partial charge < -0.3 is 10.5 Å². The molecule has 3 heteroatoms. The summed E-state index contributed by atoms with van der Waals surface area (Å²) < 4.78 is 5.08. The Kier molecular flexibility index (Phi) is 2.25. The van der Waals surface area contributed by atoms with Gasteiger partial charge >= 0.3 is 5.97 Å². The zero-order valence-corrected chi connectivity index (χ0v) is 8.01. The van der Waals surface area contributed by atoms with E-state index >= 15 is 0 Å². The highest BCUT2D eigenvalue weighted by molar-refractivity contribution is 5.79. The average Bonchev–Trinajstić information content (AvgIpc) is 2.43. The Morgan fingerprint density at radius 3 is 2.43 bits per heavy atom. The summed E-state index contributed by atoms with van der Waals surface area (Å²) in [7, 11) is 0. The van der Waals surface area contributed by atoms with Gasteiger partial charge in [0.15, 0.2) is 0 Å². The monoisotopic (exact) mass is 191 g/mol. The van der Waals surface area contributed by atoms with Crippen LogP contribution in [0.1, 0.15) is 18.4 Å². The molecule has 1 saturated heterocycles. The molecule has 14 heavy (non-hydrogen) atoms. The van der Waals surface area contributed by atoms with E-state index in [1.54, 1.807) is 0 Å². The molecule has 0 amide bonds. The Bertz CT molecular complexity index is 336. The van der Waals surface area contributed by atoms with E-state index in [0.29, 0.717) is 0 Å². The molecule has 1 heterocycles. The van der Waals surface area contributed by atoms with Crippen LogP contribution in [0.25, 0.3) is 0 Å². The van der Waals surface area contributed by atoms with E-state index in [9.17, 15) is 4.79 Å². The van der Waals surface area contributed by atoms with Gasteiger partial charge in [-0.1, -0.05) is 30.3 Å². The van der Waals surface area contributed by atoms with E-state index in [2.05, 4.69) is 0 Å². The van der Waals surface area contributed by atoms with E-state index < -0.39 is 6.04 Å². The molecule has 3 unspecified atom stereocenters. The largest absolute Gasteiger partial charge is 0.461 e. The zero-order chi connectivity index (χ0) is 10.1. The van der Waals surface area contributed by atoms with Crippen molar-refractivity contribution >= 4 is 5.97 Å². The summed E-state index contributed by atoms with van der Waals surface area (Å²) in [5.74, 6) is -0.310. The summed E-state index contributed by atoms with van der Waals surface area (Å²) >= 11 is 0. The molecule has 1 aromatic carbocycles. The van der Waals surface area contributed by atoms with Crippen LogP contribution in [0.5, 0.6) is 0 Å². The Labute approximate surface area is 82.9 Å². The third kappa shape index (κ3) is 1.40. The molecule has 0 radical (unpaired) electrons. The number of hydrogen-bond acceptors (Lipinski definition) is 3. The average molecular weight is 191 g/mol. The van der Waals surface area contributed by atoms with E-state index in [0.717, 1.165) is 5.56 Å². The molecule has 1 fully saturated rings. The molecule has 0 aromatic heterocycles. The van der Waals surface area contributed by atoms with Gasteiger partial charge in [-0.2, -0.15) is 0 Å². The maximum atomic E-state index is 11.2. The van der Waals surface area contributed by atoms with E-state index in [1.165, 1.54) is 0 Å². The highest BCUT2D eigenvalue weighted by Crippen LogP contribution is 2.30. The Morgan fingerprint density at radius 1 is 1.29 bits per heavy atom. The number of esters is 1. The molecule has 3 atom stereocenters. The van der Waals surface area contributed by atoms with Gasteiger partial charge in [0.1, 0.15) is 12.1 Å². The highest BCUT2D eigenvalue weighted by atomic mass is 16.6. The van der Waals surface area contributed by atoms with Crippen LogP contribution in [0.15, 0.2) is 30.3 Å². The van der Waals surface area contributed by atoms with Crippen molar-refractivity contribution in [2.75, 3.05) is 0 Å². The van der Waals surface area contributed by atoms with Crippen molar-refractivity contribution in [3.63, 3.8) is 0 Å². The topological polar surface area (TPSA) is 52.3 Å². The number of cyclic esters (lactones) is 1. The van der Waals surface area contributed by atoms with Gasteiger partial charge in [-0.25, -0.2) is 0 Å². The first kappa shape index (κ1) is 9.21. The number of nitrogens with two attached hydrogens (primary N) is 1. The molecular formula is C11H13NO2. The maximum absolute atomic E-state index is 11.2. The minimum absolute atomic E-state index is 0.0105. The molecule has 0 saturated carbocycles. The predicted octanol–water partition coefficient (Wildman–Crippen LogP) is 1.04. The van der Waals surface area contributed by atoms with Crippen molar-refractivity contribution in [2.45, 2.75) is 25.0 Å². The fraction of sp³-hybridized carbons (Fsp3) is 0.364. The number of hydrogen-bond donors (Lipinski definition) is 1. The highest BCUT2D eigenvalue weighted by Gasteiger charge is 2.40. The van der Waals surface area contributed by atoms with Crippen molar-refractivity contribution in [3.05, 3.63) is 35.9 Å². The molecule has 2 N–H and O–H groups in total. The molecule has 0 spiro atoms. The van der Waals surface area contributed by atoms with Gasteiger partial charge in [-0.3, -0.25) is 4.79 Å². The maximum Gasteiger partial charge on any atom is 0.323 e. The first-order chi connectivity index (χ1) is 6.70. The molecular weight excluding hydrogens is 178 g/mol. The molecule has 0 bridgehead atoms. The van der Waals surface area contributed by atoms with Crippen molar-refractivity contribution in [1.82, 2.24) is 0 Å². The fourth-order valence-electron chi connectivity index (χ4n) is 1.93. The molecule has 1 aliphatic heterocycles. The molecule has 0 aliphatic carbocycles.